The van der Waals surface area contributed by atoms with Gasteiger partial charge in [-0.05, 0) is 43.5 Å². The predicted octanol–water partition coefficient (Wildman–Crippen LogP) is 5.46. The van der Waals surface area contributed by atoms with Crippen LogP contribution in [0.15, 0.2) is 18.2 Å². The largest absolute Gasteiger partial charge is 0.496 e. The van der Waals surface area contributed by atoms with Crippen LogP contribution in [0.3, 0.4) is 0 Å². The average molecular weight is 506 g/mol. The topological polar surface area (TPSA) is 86.3 Å². The molecule has 1 heterocycles. The van der Waals surface area contributed by atoms with Crippen molar-refractivity contribution in [3.05, 3.63) is 41.0 Å². The molecular formula is C27H33F2NO6. The third-order valence-electron chi connectivity index (χ3n) is 7.20. The van der Waals surface area contributed by atoms with Crippen LogP contribution in [0.1, 0.15) is 49.7 Å². The summed E-state index contributed by atoms with van der Waals surface area (Å²) in [5, 5.41) is 13.0. The van der Waals surface area contributed by atoms with Crippen molar-refractivity contribution in [3.63, 3.8) is 0 Å². The number of methoxy groups -OCH3 is 2. The van der Waals surface area contributed by atoms with Crippen molar-refractivity contribution in [1.29, 1.82) is 0 Å². The van der Waals surface area contributed by atoms with Gasteiger partial charge in [0.25, 0.3) is 0 Å². The van der Waals surface area contributed by atoms with Gasteiger partial charge in [0.2, 0.25) is 0 Å². The number of nitrogens with one attached hydrogen (secondary N) is 1. The number of anilines is 1. The molecule has 0 radical (unpaired) electrons. The first-order valence-electron chi connectivity index (χ1n) is 12.2. The second kappa shape index (κ2) is 11.0. The zero-order chi connectivity index (χ0) is 25.9. The smallest absolute Gasteiger partial charge is 0.329 e. The van der Waals surface area contributed by atoms with Crippen molar-refractivity contribution >= 4 is 11.7 Å². The fourth-order valence-corrected chi connectivity index (χ4v) is 5.14. The van der Waals surface area contributed by atoms with Crippen molar-refractivity contribution in [1.82, 2.24) is 0 Å². The van der Waals surface area contributed by atoms with Gasteiger partial charge in [0, 0.05) is 48.4 Å². The Balaban J connectivity index is 1.81. The molecule has 0 unspecified atom stereocenters. The van der Waals surface area contributed by atoms with Crippen LogP contribution >= 0.6 is 0 Å². The molecule has 0 amide bonds. The van der Waals surface area contributed by atoms with Gasteiger partial charge in [0.15, 0.2) is 11.6 Å². The Kier molecular flexibility index (Phi) is 8.00. The van der Waals surface area contributed by atoms with Crippen molar-refractivity contribution in [2.24, 2.45) is 0 Å². The molecular weight excluding hydrogens is 472 g/mol. The molecule has 7 nitrogen and oxygen atoms in total. The summed E-state index contributed by atoms with van der Waals surface area (Å²) in [7, 11) is 2.80. The second-order valence-electron chi connectivity index (χ2n) is 9.43. The number of carbonyl (C=O) groups is 1. The number of hydrogen-bond donors (Lipinski definition) is 2. The Morgan fingerprint density at radius 3 is 2.44 bits per heavy atom. The first-order valence-corrected chi connectivity index (χ1v) is 12.2. The van der Waals surface area contributed by atoms with E-state index in [2.05, 4.69) is 5.32 Å². The van der Waals surface area contributed by atoms with Crippen LogP contribution in [0.2, 0.25) is 0 Å². The van der Waals surface area contributed by atoms with E-state index >= 15 is 8.78 Å². The van der Waals surface area contributed by atoms with E-state index in [9.17, 15) is 9.90 Å². The highest BCUT2D eigenvalue weighted by molar-refractivity contribution is 5.84. The summed E-state index contributed by atoms with van der Waals surface area (Å²) in [5.74, 6) is -2.10. The lowest BCUT2D eigenvalue weighted by Crippen LogP contribution is -2.50. The van der Waals surface area contributed by atoms with Gasteiger partial charge in [-0.25, -0.2) is 13.6 Å². The molecule has 2 fully saturated rings. The molecule has 2 aromatic rings. The summed E-state index contributed by atoms with van der Waals surface area (Å²) < 4.78 is 53.5. The summed E-state index contributed by atoms with van der Waals surface area (Å²) in [5.41, 5.74) is -0.101. The zero-order valence-corrected chi connectivity index (χ0v) is 20.9. The van der Waals surface area contributed by atoms with Crippen LogP contribution in [-0.4, -0.2) is 50.2 Å². The molecule has 1 aliphatic heterocycles. The predicted molar refractivity (Wildman–Crippen MR) is 131 cm³/mol. The van der Waals surface area contributed by atoms with Crippen LogP contribution < -0.4 is 14.8 Å². The fraction of sp³-hybridized carbons (Fsp3) is 0.519. The SMILES string of the molecule is COc1cc(-c2c(F)cc(NC3(C(=O)O)CCOCC3)cc2COC2CCCC2)c(F)c(OC)c1C. The highest BCUT2D eigenvalue weighted by atomic mass is 19.1. The molecule has 9 heteroatoms. The molecule has 4 rings (SSSR count). The fourth-order valence-electron chi connectivity index (χ4n) is 5.14. The van der Waals surface area contributed by atoms with Gasteiger partial charge in [-0.3, -0.25) is 0 Å². The molecule has 1 aliphatic carbocycles. The first-order chi connectivity index (χ1) is 17.3. The van der Waals surface area contributed by atoms with Crippen molar-refractivity contribution < 1.29 is 37.6 Å². The van der Waals surface area contributed by atoms with E-state index < -0.39 is 23.1 Å². The third kappa shape index (κ3) is 5.13. The molecule has 0 spiro atoms. The van der Waals surface area contributed by atoms with Gasteiger partial charge >= 0.3 is 5.97 Å². The molecule has 1 saturated carbocycles. The maximum absolute atomic E-state index is 15.8. The maximum Gasteiger partial charge on any atom is 0.329 e. The number of halogens is 2. The van der Waals surface area contributed by atoms with Gasteiger partial charge in [0.1, 0.15) is 17.1 Å². The van der Waals surface area contributed by atoms with Crippen molar-refractivity contribution in [2.45, 2.75) is 63.7 Å². The maximum atomic E-state index is 15.8. The molecule has 0 bridgehead atoms. The van der Waals surface area contributed by atoms with E-state index in [0.29, 0.717) is 16.9 Å². The molecule has 2 aliphatic rings. The normalized spacial score (nSPS) is 17.7. The highest BCUT2D eigenvalue weighted by Crippen LogP contribution is 2.42. The number of ether oxygens (including phenoxy) is 4. The molecule has 2 aromatic carbocycles. The third-order valence-corrected chi connectivity index (χ3v) is 7.20. The minimum atomic E-state index is -1.28. The quantitative estimate of drug-likeness (QED) is 0.468. The molecule has 1 saturated heterocycles. The van der Waals surface area contributed by atoms with Crippen LogP contribution in [0.25, 0.3) is 11.1 Å². The lowest BCUT2D eigenvalue weighted by molar-refractivity contribution is -0.145. The summed E-state index contributed by atoms with van der Waals surface area (Å²) in [6.45, 7) is 2.28. The zero-order valence-electron chi connectivity index (χ0n) is 20.9. The molecule has 196 valence electrons. The summed E-state index contributed by atoms with van der Waals surface area (Å²) in [6, 6.07) is 4.30. The molecule has 2 N–H and O–H groups in total. The number of aliphatic carboxylic acids is 1. The minimum absolute atomic E-state index is 0.0117. The molecule has 0 aromatic heterocycles. The highest BCUT2D eigenvalue weighted by Gasteiger charge is 2.40. The van der Waals surface area contributed by atoms with Crippen LogP contribution in [0.5, 0.6) is 11.5 Å². The van der Waals surface area contributed by atoms with E-state index in [-0.39, 0.29) is 61.3 Å². The summed E-state index contributed by atoms with van der Waals surface area (Å²) in [4.78, 5) is 12.1. The lowest BCUT2D eigenvalue weighted by atomic mass is 9.89. The van der Waals surface area contributed by atoms with E-state index in [0.717, 1.165) is 25.7 Å². The van der Waals surface area contributed by atoms with Crippen molar-refractivity contribution in [2.75, 3.05) is 32.8 Å². The van der Waals surface area contributed by atoms with Crippen molar-refractivity contribution in [3.8, 4) is 22.6 Å². The Bertz CT molecular complexity index is 1110. The Hall–Kier alpha value is -2.91. The summed E-state index contributed by atoms with van der Waals surface area (Å²) >= 11 is 0. The average Bonchev–Trinajstić information content (AvgIpc) is 3.38. The number of carboxylic acid groups (broad SMARTS) is 1. The first kappa shape index (κ1) is 26.2. The van der Waals surface area contributed by atoms with E-state index in [1.165, 1.54) is 26.4 Å². The number of benzene rings is 2. The lowest BCUT2D eigenvalue weighted by Gasteiger charge is -2.35. The molecule has 0 atom stereocenters. The van der Waals surface area contributed by atoms with Crippen LogP contribution in [0, 0.1) is 18.6 Å². The number of carboxylic acids is 1. The van der Waals surface area contributed by atoms with E-state index in [1.54, 1.807) is 13.0 Å². The minimum Gasteiger partial charge on any atom is -0.496 e. The Labute approximate surface area is 209 Å². The Morgan fingerprint density at radius 2 is 1.83 bits per heavy atom. The number of hydrogen-bond acceptors (Lipinski definition) is 6. The monoisotopic (exact) mass is 505 g/mol. The standard InChI is InChI=1S/C27H33F2NO6/c1-16-22(33-2)14-20(24(29)25(16)34-3)23-17(15-36-19-6-4-5-7-19)12-18(13-21(23)28)30-27(26(31)32)8-10-35-11-9-27/h12-14,19,30H,4-11,15H2,1-3H3,(H,31,32). The van der Waals surface area contributed by atoms with Gasteiger partial charge in [-0.2, -0.15) is 0 Å². The van der Waals surface area contributed by atoms with Gasteiger partial charge in [-0.1, -0.05) is 12.8 Å². The molecule has 36 heavy (non-hydrogen) atoms. The Morgan fingerprint density at radius 1 is 1.14 bits per heavy atom. The van der Waals surface area contributed by atoms with Crippen LogP contribution in [0.4, 0.5) is 14.5 Å². The second-order valence-corrected chi connectivity index (χ2v) is 9.43. The summed E-state index contributed by atoms with van der Waals surface area (Å²) in [6.07, 6.45) is 4.48. The van der Waals surface area contributed by atoms with E-state index in [4.69, 9.17) is 18.9 Å². The van der Waals surface area contributed by atoms with Crippen LogP contribution in [-0.2, 0) is 20.9 Å². The van der Waals surface area contributed by atoms with Gasteiger partial charge in [-0.15, -0.1) is 0 Å². The van der Waals surface area contributed by atoms with E-state index in [1.807, 2.05) is 0 Å². The van der Waals surface area contributed by atoms with Gasteiger partial charge in [0.05, 0.1) is 26.9 Å². The van der Waals surface area contributed by atoms with Gasteiger partial charge < -0.3 is 29.4 Å². The number of rotatable bonds is 9.